The zero-order valence-electron chi connectivity index (χ0n) is 56.5. The minimum atomic E-state index is -4.37. The highest BCUT2D eigenvalue weighted by Gasteiger charge is 2.28. The SMILES string of the molecule is CC/C=C\C/C=C\C/C=C\C/C=C\C/C=C\C/C=C\C/C=C\C/C=C\C/C=C\CCCCCCCCCCCCCCCC(=O)NC(COP(=O)(O)OCC[N+](C)(C)C)C(O)/C=C/CC/C=C/CCCCCCCCCCCCCCCCCCC. The van der Waals surface area contributed by atoms with Crippen LogP contribution in [0.15, 0.2) is 134 Å². The highest BCUT2D eigenvalue weighted by Crippen LogP contribution is 2.43. The summed E-state index contributed by atoms with van der Waals surface area (Å²) in [6.45, 7) is 4.70. The van der Waals surface area contributed by atoms with Crippen molar-refractivity contribution in [2.45, 2.75) is 309 Å². The van der Waals surface area contributed by atoms with Crippen molar-refractivity contribution in [2.24, 2.45) is 0 Å². The fraction of sp³-hybridized carbons (Fsp3) is 0.701. The van der Waals surface area contributed by atoms with Crippen LogP contribution < -0.4 is 5.32 Å². The summed E-state index contributed by atoms with van der Waals surface area (Å²) in [7, 11) is 1.55. The van der Waals surface area contributed by atoms with Gasteiger partial charge in [-0.25, -0.2) is 4.57 Å². The van der Waals surface area contributed by atoms with Gasteiger partial charge in [0.15, 0.2) is 0 Å². The molecule has 0 spiro atoms. The summed E-state index contributed by atoms with van der Waals surface area (Å²) in [6, 6.07) is -0.873. The van der Waals surface area contributed by atoms with Crippen molar-refractivity contribution in [3.8, 4) is 0 Å². The van der Waals surface area contributed by atoms with Crippen LogP contribution in [-0.2, 0) is 18.4 Å². The predicted molar refractivity (Wildman–Crippen MR) is 378 cm³/mol. The van der Waals surface area contributed by atoms with Crippen LogP contribution in [0.4, 0.5) is 0 Å². The maximum Gasteiger partial charge on any atom is 0.472 e. The molecule has 0 aromatic rings. The average molecular weight is 1220 g/mol. The lowest BCUT2D eigenvalue weighted by Gasteiger charge is -2.25. The second-order valence-corrected chi connectivity index (χ2v) is 26.3. The number of hydrogen-bond donors (Lipinski definition) is 3. The first-order valence-electron chi connectivity index (χ1n) is 35.6. The van der Waals surface area contributed by atoms with Gasteiger partial charge in [-0.2, -0.15) is 0 Å². The first-order valence-corrected chi connectivity index (χ1v) is 37.1. The normalized spacial score (nSPS) is 14.5. The van der Waals surface area contributed by atoms with E-state index in [-0.39, 0.29) is 19.1 Å². The summed E-state index contributed by atoms with van der Waals surface area (Å²) in [4.78, 5) is 23.4. The number of carbonyl (C=O) groups is 1. The number of quaternary nitrogens is 1. The van der Waals surface area contributed by atoms with Crippen LogP contribution in [0, 0.1) is 0 Å². The molecule has 3 unspecified atom stereocenters. The third kappa shape index (κ3) is 68.1. The van der Waals surface area contributed by atoms with Crippen molar-refractivity contribution in [2.75, 3.05) is 40.9 Å². The Hall–Kier alpha value is -3.36. The van der Waals surface area contributed by atoms with E-state index in [1.54, 1.807) is 6.08 Å². The Bertz CT molecular complexity index is 1870. The number of aliphatic hydroxyl groups is 1. The second kappa shape index (κ2) is 66.1. The number of hydrogen-bond acceptors (Lipinski definition) is 5. The number of amides is 1. The van der Waals surface area contributed by atoms with Gasteiger partial charge in [-0.1, -0.05) is 321 Å². The molecule has 0 saturated carbocycles. The number of phosphoric acid groups is 1. The molecule has 0 aliphatic heterocycles. The Morgan fingerprint density at radius 3 is 1.07 bits per heavy atom. The Labute approximate surface area is 532 Å². The summed E-state index contributed by atoms with van der Waals surface area (Å²) < 4.78 is 23.8. The Balaban J connectivity index is 4.10. The largest absolute Gasteiger partial charge is 0.472 e. The lowest BCUT2D eigenvalue weighted by Crippen LogP contribution is -2.45. The highest BCUT2D eigenvalue weighted by atomic mass is 31.2. The van der Waals surface area contributed by atoms with Gasteiger partial charge >= 0.3 is 7.82 Å². The smallest absolute Gasteiger partial charge is 0.387 e. The third-order valence-electron chi connectivity index (χ3n) is 15.4. The van der Waals surface area contributed by atoms with E-state index in [1.807, 2.05) is 27.2 Å². The summed E-state index contributed by atoms with van der Waals surface area (Å²) in [5.74, 6) is -0.190. The fourth-order valence-corrected chi connectivity index (χ4v) is 10.6. The molecule has 0 aromatic carbocycles. The topological polar surface area (TPSA) is 105 Å². The highest BCUT2D eigenvalue weighted by molar-refractivity contribution is 7.47. The molecule has 1 amide bonds. The van der Waals surface area contributed by atoms with Crippen LogP contribution in [0.1, 0.15) is 296 Å². The molecule has 0 heterocycles. The second-order valence-electron chi connectivity index (χ2n) is 24.9. The minimum absolute atomic E-state index is 0.0513. The van der Waals surface area contributed by atoms with E-state index in [0.29, 0.717) is 17.4 Å². The van der Waals surface area contributed by atoms with Crippen molar-refractivity contribution in [3.05, 3.63) is 134 Å². The molecule has 0 bridgehead atoms. The van der Waals surface area contributed by atoms with Crippen molar-refractivity contribution < 1.29 is 32.9 Å². The lowest BCUT2D eigenvalue weighted by molar-refractivity contribution is -0.870. The van der Waals surface area contributed by atoms with Crippen LogP contribution in [0.25, 0.3) is 0 Å². The number of nitrogens with zero attached hydrogens (tertiary/aromatic N) is 1. The quantitative estimate of drug-likeness (QED) is 0.0243. The summed E-state index contributed by atoms with van der Waals surface area (Å²) >= 11 is 0. The Morgan fingerprint density at radius 1 is 0.407 bits per heavy atom. The van der Waals surface area contributed by atoms with Gasteiger partial charge in [0.05, 0.1) is 39.9 Å². The molecule has 3 atom stereocenters. The van der Waals surface area contributed by atoms with Gasteiger partial charge in [-0.3, -0.25) is 13.8 Å². The van der Waals surface area contributed by atoms with Gasteiger partial charge in [0.25, 0.3) is 0 Å². The van der Waals surface area contributed by atoms with Gasteiger partial charge in [0.1, 0.15) is 13.2 Å². The third-order valence-corrected chi connectivity index (χ3v) is 16.3. The van der Waals surface area contributed by atoms with E-state index in [2.05, 4.69) is 141 Å². The monoisotopic (exact) mass is 1220 g/mol. The maximum atomic E-state index is 13.1. The minimum Gasteiger partial charge on any atom is -0.387 e. The molecule has 0 aliphatic carbocycles. The zero-order chi connectivity index (χ0) is 62.6. The number of allylic oxidation sites excluding steroid dienone is 21. The molecule has 9 heteroatoms. The van der Waals surface area contributed by atoms with Gasteiger partial charge in [-0.15, -0.1) is 0 Å². The Morgan fingerprint density at radius 2 is 0.709 bits per heavy atom. The lowest BCUT2D eigenvalue weighted by atomic mass is 10.0. The summed E-state index contributed by atoms with van der Waals surface area (Å²) in [5.41, 5.74) is 0. The van der Waals surface area contributed by atoms with Gasteiger partial charge in [0.2, 0.25) is 5.91 Å². The first-order chi connectivity index (χ1) is 42.0. The molecule has 0 saturated heterocycles. The number of aliphatic hydroxyl groups excluding tert-OH is 1. The van der Waals surface area contributed by atoms with Crippen LogP contribution >= 0.6 is 7.82 Å². The van der Waals surface area contributed by atoms with Crippen molar-refractivity contribution in [3.63, 3.8) is 0 Å². The number of rotatable bonds is 64. The summed E-state index contributed by atoms with van der Waals surface area (Å²) in [6.07, 6.45) is 100. The fourth-order valence-electron chi connectivity index (χ4n) is 9.88. The molecule has 0 aromatic heterocycles. The average Bonchev–Trinajstić information content (AvgIpc) is 3.70. The van der Waals surface area contributed by atoms with E-state index in [9.17, 15) is 19.4 Å². The molecule has 494 valence electrons. The van der Waals surface area contributed by atoms with E-state index in [1.165, 1.54) is 180 Å². The van der Waals surface area contributed by atoms with Crippen molar-refractivity contribution in [1.29, 1.82) is 0 Å². The molecular formula is C77H136N2O6P+. The van der Waals surface area contributed by atoms with E-state index in [0.717, 1.165) is 96.3 Å². The van der Waals surface area contributed by atoms with E-state index >= 15 is 0 Å². The zero-order valence-corrected chi connectivity index (χ0v) is 57.4. The van der Waals surface area contributed by atoms with Crippen LogP contribution in [-0.4, -0.2) is 73.4 Å². The first kappa shape index (κ1) is 82.6. The number of carbonyl (C=O) groups excluding carboxylic acids is 1. The molecule has 3 N–H and O–H groups in total. The summed E-state index contributed by atoms with van der Waals surface area (Å²) in [5, 5.41) is 14.0. The van der Waals surface area contributed by atoms with Crippen molar-refractivity contribution in [1.82, 2.24) is 5.32 Å². The number of nitrogens with one attached hydrogen (secondary N) is 1. The van der Waals surface area contributed by atoms with Crippen LogP contribution in [0.5, 0.6) is 0 Å². The molecule has 0 aliphatic rings. The van der Waals surface area contributed by atoms with Gasteiger partial charge in [-0.05, 0) is 103 Å². The molecule has 0 rings (SSSR count). The van der Waals surface area contributed by atoms with Crippen molar-refractivity contribution >= 4 is 13.7 Å². The molecular weight excluding hydrogens is 1080 g/mol. The van der Waals surface area contributed by atoms with Gasteiger partial charge in [0, 0.05) is 6.42 Å². The maximum absolute atomic E-state index is 13.1. The number of phosphoric ester groups is 1. The van der Waals surface area contributed by atoms with Crippen LogP contribution in [0.3, 0.4) is 0 Å². The number of likely N-dealkylation sites (N-methyl/N-ethyl adjacent to an activating group) is 1. The van der Waals surface area contributed by atoms with Gasteiger partial charge < -0.3 is 19.8 Å². The molecule has 0 fully saturated rings. The Kier molecular flexibility index (Phi) is 63.5. The van der Waals surface area contributed by atoms with Crippen LogP contribution in [0.2, 0.25) is 0 Å². The predicted octanol–water partition coefficient (Wildman–Crippen LogP) is 23.0. The molecule has 0 radical (unpaired) electrons. The molecule has 8 nitrogen and oxygen atoms in total. The van der Waals surface area contributed by atoms with E-state index in [4.69, 9.17) is 9.05 Å². The molecule has 86 heavy (non-hydrogen) atoms. The number of unbranched alkanes of at least 4 members (excludes halogenated alkanes) is 31. The standard InChI is InChI=1S/C77H135N2O6P/c1-6-8-10-12-14-16-18-20-22-24-26-28-30-31-32-33-34-35-36-37-38-39-40-41-42-43-44-45-46-47-49-51-53-55-57-59-61-63-65-67-69-71-77(81)78-75(74-85-86(82,83)84-73-72-79(3,4)5)76(80)70-68-66-64-62-60-58-56-54-52-50-48-29-27-25-23-21-19-17-15-13-11-9-7-2/h8,10,14,16,20,22,26,28,31-32,34-35,37-38,40-41,43-44,60,62,68,70,75-76,80H,6-7,9,11-13,15,17-19,21,23-25,27,29-30,33,36,39,42,45-59,61,63-67,69,71-74H2,1-5H3,(H-,78,81,82,83)/p+1/b10-8-,16-14-,22-20-,28-26-,32-31-,35-34-,38-37-,41-40-,44-43-,62-60+,70-68+. The van der Waals surface area contributed by atoms with E-state index < -0.39 is 20.0 Å².